The van der Waals surface area contributed by atoms with Gasteiger partial charge in [0.1, 0.15) is 0 Å². The van der Waals surface area contributed by atoms with E-state index in [0.717, 1.165) is 42.5 Å². The quantitative estimate of drug-likeness (QED) is 0.419. The number of aliphatic carboxylic acids is 1. The second kappa shape index (κ2) is 9.35. The van der Waals surface area contributed by atoms with E-state index in [1.165, 1.54) is 5.56 Å². The maximum atomic E-state index is 10.9. The molecule has 3 aromatic rings. The number of carbonyl (C=O) groups is 1. The van der Waals surface area contributed by atoms with Crippen molar-refractivity contribution in [2.75, 3.05) is 5.32 Å². The molecule has 1 saturated carbocycles. The molecule has 4 rings (SSSR count). The summed E-state index contributed by atoms with van der Waals surface area (Å²) in [6.07, 6.45) is 6.09. The number of benzene rings is 2. The number of hydrogen-bond donors (Lipinski definition) is 2. The van der Waals surface area contributed by atoms with Gasteiger partial charge >= 0.3 is 5.97 Å². The highest BCUT2D eigenvalue weighted by Crippen LogP contribution is 2.37. The average molecular weight is 425 g/mol. The third-order valence-electron chi connectivity index (χ3n) is 5.81. The van der Waals surface area contributed by atoms with E-state index in [4.69, 9.17) is 21.1 Å². The SMILES string of the molecule is O=C(O)CC1CCC(c2ccc(-c3cnc(Nc4cccc(CCl)c4)o3)cc2)CC1. The number of carboxylic acid groups (broad SMARTS) is 1. The minimum absolute atomic E-state index is 0.295. The Morgan fingerprint density at radius 2 is 1.90 bits per heavy atom. The summed E-state index contributed by atoms with van der Waals surface area (Å²) in [4.78, 5) is 15.2. The van der Waals surface area contributed by atoms with Crippen LogP contribution in [0.2, 0.25) is 0 Å². The van der Waals surface area contributed by atoms with Crippen LogP contribution >= 0.6 is 11.6 Å². The van der Waals surface area contributed by atoms with Gasteiger partial charge in [0, 0.05) is 23.6 Å². The topological polar surface area (TPSA) is 75.4 Å². The maximum Gasteiger partial charge on any atom is 0.303 e. The van der Waals surface area contributed by atoms with Gasteiger partial charge in [-0.1, -0.05) is 36.4 Å². The lowest BCUT2D eigenvalue weighted by atomic mass is 9.77. The van der Waals surface area contributed by atoms with Crippen molar-refractivity contribution >= 4 is 29.3 Å². The molecule has 1 fully saturated rings. The largest absolute Gasteiger partial charge is 0.481 e. The number of nitrogens with one attached hydrogen (secondary N) is 1. The van der Waals surface area contributed by atoms with Crippen molar-refractivity contribution in [2.24, 2.45) is 5.92 Å². The summed E-state index contributed by atoms with van der Waals surface area (Å²) in [5.41, 5.74) is 4.20. The Morgan fingerprint density at radius 3 is 2.60 bits per heavy atom. The highest BCUT2D eigenvalue weighted by molar-refractivity contribution is 6.17. The van der Waals surface area contributed by atoms with Crippen LogP contribution < -0.4 is 5.32 Å². The molecule has 0 atom stereocenters. The summed E-state index contributed by atoms with van der Waals surface area (Å²) in [6.45, 7) is 0. The van der Waals surface area contributed by atoms with E-state index in [1.807, 2.05) is 24.3 Å². The first-order valence-electron chi connectivity index (χ1n) is 10.3. The van der Waals surface area contributed by atoms with Gasteiger partial charge in [0.2, 0.25) is 0 Å². The van der Waals surface area contributed by atoms with Crippen LogP contribution in [0.4, 0.5) is 11.7 Å². The van der Waals surface area contributed by atoms with E-state index >= 15 is 0 Å². The Kier molecular flexibility index (Phi) is 6.38. The standard InChI is InChI=1S/C24H25ClN2O3/c25-14-17-2-1-3-21(12-17)27-24-26-15-22(30-24)20-10-8-19(9-11-20)18-6-4-16(5-7-18)13-23(28)29/h1-3,8-12,15-16,18H,4-7,13-14H2,(H,26,27)(H,28,29). The molecule has 2 aromatic carbocycles. The predicted octanol–water partition coefficient (Wildman–Crippen LogP) is 6.57. The molecule has 156 valence electrons. The molecule has 30 heavy (non-hydrogen) atoms. The fourth-order valence-corrected chi connectivity index (χ4v) is 4.35. The van der Waals surface area contributed by atoms with Crippen molar-refractivity contribution in [3.8, 4) is 11.3 Å². The van der Waals surface area contributed by atoms with Crippen molar-refractivity contribution < 1.29 is 14.3 Å². The van der Waals surface area contributed by atoms with E-state index < -0.39 is 5.97 Å². The minimum Gasteiger partial charge on any atom is -0.481 e. The molecule has 6 heteroatoms. The fraction of sp³-hybridized carbons (Fsp3) is 0.333. The molecular weight excluding hydrogens is 400 g/mol. The summed E-state index contributed by atoms with van der Waals surface area (Å²) in [7, 11) is 0. The van der Waals surface area contributed by atoms with Crippen molar-refractivity contribution in [3.05, 3.63) is 65.9 Å². The van der Waals surface area contributed by atoms with E-state index in [2.05, 4.69) is 34.6 Å². The van der Waals surface area contributed by atoms with Crippen LogP contribution in [0, 0.1) is 5.92 Å². The Bertz CT molecular complexity index is 992. The molecule has 2 N–H and O–H groups in total. The van der Waals surface area contributed by atoms with Gasteiger partial charge in [-0.3, -0.25) is 4.79 Å². The second-order valence-electron chi connectivity index (χ2n) is 7.93. The molecule has 1 aliphatic carbocycles. The summed E-state index contributed by atoms with van der Waals surface area (Å²) < 4.78 is 5.87. The molecule has 0 unspecified atom stereocenters. The zero-order valence-electron chi connectivity index (χ0n) is 16.7. The number of alkyl halides is 1. The minimum atomic E-state index is -0.685. The summed E-state index contributed by atoms with van der Waals surface area (Å²) in [5, 5.41) is 12.1. The monoisotopic (exact) mass is 424 g/mol. The highest BCUT2D eigenvalue weighted by atomic mass is 35.5. The van der Waals surface area contributed by atoms with E-state index in [0.29, 0.717) is 35.9 Å². The first kappa shape index (κ1) is 20.5. The molecule has 1 aliphatic rings. The van der Waals surface area contributed by atoms with Gasteiger partial charge in [-0.15, -0.1) is 11.6 Å². The molecule has 0 radical (unpaired) electrons. The first-order valence-corrected chi connectivity index (χ1v) is 10.8. The number of aromatic nitrogens is 1. The molecule has 0 amide bonds. The molecule has 1 heterocycles. The van der Waals surface area contributed by atoms with Gasteiger partial charge in [-0.2, -0.15) is 0 Å². The average Bonchev–Trinajstić information content (AvgIpc) is 3.22. The number of oxazole rings is 1. The lowest BCUT2D eigenvalue weighted by molar-refractivity contribution is -0.138. The van der Waals surface area contributed by atoms with Gasteiger partial charge in [0.15, 0.2) is 5.76 Å². The molecule has 0 bridgehead atoms. The van der Waals surface area contributed by atoms with Crippen molar-refractivity contribution in [1.29, 1.82) is 0 Å². The van der Waals surface area contributed by atoms with E-state index in [-0.39, 0.29) is 0 Å². The fourth-order valence-electron chi connectivity index (χ4n) is 4.19. The van der Waals surface area contributed by atoms with E-state index in [1.54, 1.807) is 6.20 Å². The Hall–Kier alpha value is -2.79. The summed E-state index contributed by atoms with van der Waals surface area (Å²) >= 11 is 5.89. The molecule has 0 saturated heterocycles. The van der Waals surface area contributed by atoms with Gasteiger partial charge in [-0.05, 0) is 60.8 Å². The third-order valence-corrected chi connectivity index (χ3v) is 6.12. The summed E-state index contributed by atoms with van der Waals surface area (Å²) in [6, 6.07) is 16.7. The van der Waals surface area contributed by atoms with Gasteiger partial charge in [0.25, 0.3) is 6.01 Å². The van der Waals surface area contributed by atoms with Gasteiger partial charge < -0.3 is 14.8 Å². The van der Waals surface area contributed by atoms with Gasteiger partial charge in [-0.25, -0.2) is 4.98 Å². The van der Waals surface area contributed by atoms with Crippen LogP contribution in [-0.2, 0) is 10.7 Å². The smallest absolute Gasteiger partial charge is 0.303 e. The molecule has 1 aromatic heterocycles. The number of carboxylic acids is 1. The van der Waals surface area contributed by atoms with Crippen LogP contribution in [0.25, 0.3) is 11.3 Å². The lowest BCUT2D eigenvalue weighted by Crippen LogP contribution is -2.16. The molecular formula is C24H25ClN2O3. The predicted molar refractivity (Wildman–Crippen MR) is 118 cm³/mol. The molecule has 0 aliphatic heterocycles. The highest BCUT2D eigenvalue weighted by Gasteiger charge is 2.24. The number of halogens is 1. The lowest BCUT2D eigenvalue weighted by Gasteiger charge is -2.28. The maximum absolute atomic E-state index is 10.9. The number of anilines is 2. The molecule has 5 nitrogen and oxygen atoms in total. The van der Waals surface area contributed by atoms with Crippen molar-refractivity contribution in [2.45, 2.75) is 43.9 Å². The second-order valence-corrected chi connectivity index (χ2v) is 8.19. The van der Waals surface area contributed by atoms with E-state index in [9.17, 15) is 4.79 Å². The summed E-state index contributed by atoms with van der Waals surface area (Å²) in [5.74, 6) is 1.31. The van der Waals surface area contributed by atoms with Crippen LogP contribution in [0.5, 0.6) is 0 Å². The van der Waals surface area contributed by atoms with Gasteiger partial charge in [0.05, 0.1) is 6.20 Å². The Morgan fingerprint density at radius 1 is 1.13 bits per heavy atom. The number of rotatable bonds is 7. The van der Waals surface area contributed by atoms with Crippen LogP contribution in [-0.4, -0.2) is 16.1 Å². The van der Waals surface area contributed by atoms with Crippen LogP contribution in [0.3, 0.4) is 0 Å². The Balaban J connectivity index is 1.38. The molecule has 0 spiro atoms. The normalized spacial score (nSPS) is 18.8. The van der Waals surface area contributed by atoms with Crippen molar-refractivity contribution in [1.82, 2.24) is 4.98 Å². The third kappa shape index (κ3) is 5.03. The van der Waals surface area contributed by atoms with Crippen LogP contribution in [0.15, 0.2) is 59.1 Å². The first-order chi connectivity index (χ1) is 14.6. The number of hydrogen-bond acceptors (Lipinski definition) is 4. The van der Waals surface area contributed by atoms with Crippen LogP contribution in [0.1, 0.15) is 49.1 Å². The Labute approximate surface area is 181 Å². The zero-order valence-corrected chi connectivity index (χ0v) is 17.4. The zero-order chi connectivity index (χ0) is 20.9. The van der Waals surface area contributed by atoms with Crippen molar-refractivity contribution in [3.63, 3.8) is 0 Å². The number of nitrogens with zero attached hydrogens (tertiary/aromatic N) is 1.